The molecule has 2 atom stereocenters. The van der Waals surface area contributed by atoms with Crippen LogP contribution in [0.4, 0.5) is 4.39 Å². The molecule has 1 amide bonds. The number of likely N-dealkylation sites (tertiary alicyclic amines) is 1. The Kier molecular flexibility index (Phi) is 4.03. The summed E-state index contributed by atoms with van der Waals surface area (Å²) in [4.78, 5) is 14.1. The molecule has 1 fully saturated rings. The van der Waals surface area contributed by atoms with Gasteiger partial charge in [-0.25, -0.2) is 4.39 Å². The van der Waals surface area contributed by atoms with E-state index >= 15 is 0 Å². The van der Waals surface area contributed by atoms with E-state index in [1.807, 2.05) is 21.7 Å². The van der Waals surface area contributed by atoms with E-state index in [1.54, 1.807) is 12.1 Å². The fourth-order valence-corrected chi connectivity index (χ4v) is 3.49. The minimum absolute atomic E-state index is 0.0456. The quantitative estimate of drug-likeness (QED) is 0.927. The summed E-state index contributed by atoms with van der Waals surface area (Å²) in [5.41, 5.74) is 8.02. The van der Waals surface area contributed by atoms with Crippen LogP contribution in [0.25, 0.3) is 0 Å². The van der Waals surface area contributed by atoms with E-state index in [4.69, 9.17) is 5.73 Å². The summed E-state index contributed by atoms with van der Waals surface area (Å²) in [5.74, 6) is -0.0150. The summed E-state index contributed by atoms with van der Waals surface area (Å²) in [7, 11) is 0. The lowest BCUT2D eigenvalue weighted by Gasteiger charge is -2.37. The van der Waals surface area contributed by atoms with Crippen LogP contribution in [0.2, 0.25) is 0 Å². The highest BCUT2D eigenvalue weighted by Crippen LogP contribution is 2.28. The van der Waals surface area contributed by atoms with Gasteiger partial charge in [-0.1, -0.05) is 12.1 Å². The molecule has 2 aromatic rings. The van der Waals surface area contributed by atoms with Crippen LogP contribution in [0.1, 0.15) is 28.3 Å². The number of carbonyl (C=O) groups is 1. The number of thiophene rings is 1. The van der Waals surface area contributed by atoms with Crippen molar-refractivity contribution in [3.05, 3.63) is 58.0 Å². The zero-order valence-corrected chi connectivity index (χ0v) is 12.4. The van der Waals surface area contributed by atoms with Gasteiger partial charge in [0, 0.05) is 30.4 Å². The molecule has 0 saturated carbocycles. The maximum atomic E-state index is 13.0. The van der Waals surface area contributed by atoms with Crippen LogP contribution in [0.15, 0.2) is 41.1 Å². The summed E-state index contributed by atoms with van der Waals surface area (Å²) >= 11 is 1.52. The molecule has 0 aliphatic carbocycles. The third kappa shape index (κ3) is 2.99. The second kappa shape index (κ2) is 5.95. The number of halogens is 1. The highest BCUT2D eigenvalue weighted by atomic mass is 32.1. The average Bonchev–Trinajstić information content (AvgIpc) is 3.02. The average molecular weight is 304 g/mol. The van der Waals surface area contributed by atoms with E-state index < -0.39 is 0 Å². The largest absolute Gasteiger partial charge is 0.337 e. The van der Waals surface area contributed by atoms with Crippen molar-refractivity contribution in [3.8, 4) is 0 Å². The number of nitrogens with zero attached hydrogens (tertiary/aromatic N) is 1. The van der Waals surface area contributed by atoms with Gasteiger partial charge in [-0.3, -0.25) is 4.79 Å². The molecule has 0 spiro atoms. The number of amides is 1. The zero-order valence-electron chi connectivity index (χ0n) is 11.5. The Morgan fingerprint density at radius 3 is 2.67 bits per heavy atom. The maximum absolute atomic E-state index is 13.0. The van der Waals surface area contributed by atoms with Gasteiger partial charge in [0.25, 0.3) is 5.91 Å². The van der Waals surface area contributed by atoms with Crippen LogP contribution in [-0.2, 0) is 0 Å². The lowest BCUT2D eigenvalue weighted by Crippen LogP contribution is -2.49. The molecule has 3 rings (SSSR count). The van der Waals surface area contributed by atoms with Crippen molar-refractivity contribution in [3.63, 3.8) is 0 Å². The second-order valence-corrected chi connectivity index (χ2v) is 6.15. The molecule has 5 heteroatoms. The Labute approximate surface area is 127 Å². The predicted octanol–water partition coefficient (Wildman–Crippen LogP) is 2.84. The van der Waals surface area contributed by atoms with Crippen molar-refractivity contribution in [1.82, 2.24) is 4.90 Å². The molecular formula is C16H17FN2OS. The van der Waals surface area contributed by atoms with E-state index in [1.165, 1.54) is 23.5 Å². The normalized spacial score (nSPS) is 22.3. The summed E-state index contributed by atoms with van der Waals surface area (Å²) in [6.07, 6.45) is 0.808. The molecule has 1 saturated heterocycles. The topological polar surface area (TPSA) is 46.3 Å². The minimum Gasteiger partial charge on any atom is -0.337 e. The van der Waals surface area contributed by atoms with Crippen LogP contribution in [0, 0.1) is 5.82 Å². The van der Waals surface area contributed by atoms with E-state index in [0.29, 0.717) is 13.1 Å². The molecule has 110 valence electrons. The highest BCUT2D eigenvalue weighted by molar-refractivity contribution is 7.08. The van der Waals surface area contributed by atoms with Crippen molar-refractivity contribution in [1.29, 1.82) is 0 Å². The Morgan fingerprint density at radius 2 is 2.05 bits per heavy atom. The van der Waals surface area contributed by atoms with Gasteiger partial charge < -0.3 is 10.6 Å². The van der Waals surface area contributed by atoms with Crippen molar-refractivity contribution in [2.75, 3.05) is 13.1 Å². The summed E-state index contributed by atoms with van der Waals surface area (Å²) in [5, 5.41) is 3.76. The van der Waals surface area contributed by atoms with Crippen molar-refractivity contribution in [2.45, 2.75) is 18.4 Å². The smallest absolute Gasteiger partial charge is 0.254 e. The van der Waals surface area contributed by atoms with Gasteiger partial charge >= 0.3 is 0 Å². The number of benzene rings is 1. The van der Waals surface area contributed by atoms with Gasteiger partial charge in [0.2, 0.25) is 0 Å². The summed E-state index contributed by atoms with van der Waals surface area (Å²) in [6, 6.07) is 8.22. The van der Waals surface area contributed by atoms with Gasteiger partial charge in [0.05, 0.1) is 5.56 Å². The van der Waals surface area contributed by atoms with Crippen LogP contribution in [0.3, 0.4) is 0 Å². The lowest BCUT2D eigenvalue weighted by molar-refractivity contribution is 0.0694. The third-order valence-corrected chi connectivity index (χ3v) is 4.69. The first-order valence-corrected chi connectivity index (χ1v) is 7.92. The molecule has 1 aromatic carbocycles. The predicted molar refractivity (Wildman–Crippen MR) is 82.0 cm³/mol. The molecular weight excluding hydrogens is 287 g/mol. The highest BCUT2D eigenvalue weighted by Gasteiger charge is 2.30. The number of nitrogens with two attached hydrogens (primary N) is 1. The standard InChI is InChI=1S/C16H17FN2OS/c17-13-3-1-11(2-4-13)14-5-7-19(9-15(14)18)16(20)12-6-8-21-10-12/h1-4,6,8,10,14-15H,5,7,9,18H2/t14-,15+/m1/s1. The summed E-state index contributed by atoms with van der Waals surface area (Å²) in [6.45, 7) is 1.22. The van der Waals surface area contributed by atoms with E-state index in [9.17, 15) is 9.18 Å². The van der Waals surface area contributed by atoms with Crippen LogP contribution in [0.5, 0.6) is 0 Å². The van der Waals surface area contributed by atoms with Gasteiger partial charge in [-0.05, 0) is 35.6 Å². The Hall–Kier alpha value is -1.72. The Balaban J connectivity index is 1.69. The fraction of sp³-hybridized carbons (Fsp3) is 0.312. The van der Waals surface area contributed by atoms with Gasteiger partial charge in [0.1, 0.15) is 5.82 Å². The molecule has 0 bridgehead atoms. The van der Waals surface area contributed by atoms with E-state index in [2.05, 4.69) is 0 Å². The Bertz CT molecular complexity index is 612. The SMILES string of the molecule is N[C@H]1CN(C(=O)c2ccsc2)CC[C@@H]1c1ccc(F)cc1. The molecule has 21 heavy (non-hydrogen) atoms. The molecule has 0 unspecified atom stereocenters. The lowest BCUT2D eigenvalue weighted by atomic mass is 9.85. The number of piperidine rings is 1. The van der Waals surface area contributed by atoms with Crippen molar-refractivity contribution < 1.29 is 9.18 Å². The summed E-state index contributed by atoms with van der Waals surface area (Å²) < 4.78 is 13.0. The fourth-order valence-electron chi connectivity index (χ4n) is 2.86. The molecule has 2 heterocycles. The number of rotatable bonds is 2. The first-order valence-electron chi connectivity index (χ1n) is 6.97. The first kappa shape index (κ1) is 14.2. The zero-order chi connectivity index (χ0) is 14.8. The number of hydrogen-bond acceptors (Lipinski definition) is 3. The molecule has 3 nitrogen and oxygen atoms in total. The second-order valence-electron chi connectivity index (χ2n) is 5.37. The van der Waals surface area contributed by atoms with E-state index in [-0.39, 0.29) is 23.7 Å². The molecule has 1 aliphatic rings. The van der Waals surface area contributed by atoms with Crippen LogP contribution < -0.4 is 5.73 Å². The number of carbonyl (C=O) groups excluding carboxylic acids is 1. The third-order valence-electron chi connectivity index (χ3n) is 4.01. The molecule has 1 aromatic heterocycles. The van der Waals surface area contributed by atoms with Crippen LogP contribution >= 0.6 is 11.3 Å². The van der Waals surface area contributed by atoms with Gasteiger partial charge in [0.15, 0.2) is 0 Å². The van der Waals surface area contributed by atoms with Crippen molar-refractivity contribution in [2.24, 2.45) is 5.73 Å². The monoisotopic (exact) mass is 304 g/mol. The Morgan fingerprint density at radius 1 is 1.29 bits per heavy atom. The first-order chi connectivity index (χ1) is 10.1. The van der Waals surface area contributed by atoms with Crippen molar-refractivity contribution >= 4 is 17.2 Å². The van der Waals surface area contributed by atoms with Gasteiger partial charge in [-0.15, -0.1) is 0 Å². The maximum Gasteiger partial charge on any atom is 0.254 e. The molecule has 1 aliphatic heterocycles. The number of hydrogen-bond donors (Lipinski definition) is 1. The molecule has 0 radical (unpaired) electrons. The minimum atomic E-state index is -0.239. The van der Waals surface area contributed by atoms with Crippen LogP contribution in [-0.4, -0.2) is 29.9 Å². The van der Waals surface area contributed by atoms with Gasteiger partial charge in [-0.2, -0.15) is 11.3 Å². The molecule has 2 N–H and O–H groups in total. The van der Waals surface area contributed by atoms with E-state index in [0.717, 1.165) is 17.5 Å².